The first kappa shape index (κ1) is 14.7. The van der Waals surface area contributed by atoms with Crippen molar-refractivity contribution in [2.24, 2.45) is 0 Å². The molecule has 1 heterocycles. The minimum atomic E-state index is -0.338. The lowest BCUT2D eigenvalue weighted by Crippen LogP contribution is -2.44. The first-order chi connectivity index (χ1) is 11.2. The zero-order chi connectivity index (χ0) is 16.2. The highest BCUT2D eigenvalue weighted by Gasteiger charge is 2.22. The topological polar surface area (TPSA) is 56.8 Å². The molecule has 23 heavy (non-hydrogen) atoms. The van der Waals surface area contributed by atoms with Gasteiger partial charge in [-0.25, -0.2) is 0 Å². The van der Waals surface area contributed by atoms with Crippen molar-refractivity contribution in [1.29, 1.82) is 5.26 Å². The summed E-state index contributed by atoms with van der Waals surface area (Å²) in [6, 6.07) is 18.6. The standard InChI is InChI=1S/C19H15N3O/c1-14(19(23)21-18-8-6-15(12-20)7-9-18)22-11-10-16-4-2-3-5-17(16)13-22/h2-11,13-14H,1H3/p+1/t14-/m1/s1. The molecule has 2 aromatic carbocycles. The normalized spacial score (nSPS) is 11.7. The van der Waals surface area contributed by atoms with Crippen molar-refractivity contribution in [3.63, 3.8) is 0 Å². The van der Waals surface area contributed by atoms with E-state index in [0.717, 1.165) is 10.8 Å². The zero-order valence-electron chi connectivity index (χ0n) is 12.7. The van der Waals surface area contributed by atoms with E-state index in [2.05, 4.69) is 11.4 Å². The predicted octanol–water partition coefficient (Wildman–Crippen LogP) is 3.20. The van der Waals surface area contributed by atoms with Crippen LogP contribution >= 0.6 is 0 Å². The number of carbonyl (C=O) groups is 1. The highest BCUT2D eigenvalue weighted by molar-refractivity contribution is 5.92. The Morgan fingerprint density at radius 2 is 1.78 bits per heavy atom. The summed E-state index contributed by atoms with van der Waals surface area (Å²) < 4.78 is 1.89. The fourth-order valence-electron chi connectivity index (χ4n) is 2.40. The maximum atomic E-state index is 12.4. The minimum Gasteiger partial charge on any atom is -0.320 e. The van der Waals surface area contributed by atoms with Crippen molar-refractivity contribution >= 4 is 22.4 Å². The van der Waals surface area contributed by atoms with Crippen molar-refractivity contribution in [1.82, 2.24) is 0 Å². The number of hydrogen-bond acceptors (Lipinski definition) is 2. The maximum Gasteiger partial charge on any atom is 0.293 e. The van der Waals surface area contributed by atoms with Gasteiger partial charge in [0.1, 0.15) is 0 Å². The smallest absolute Gasteiger partial charge is 0.293 e. The number of hydrogen-bond donors (Lipinski definition) is 1. The van der Waals surface area contributed by atoms with Crippen LogP contribution in [-0.2, 0) is 4.79 Å². The van der Waals surface area contributed by atoms with Gasteiger partial charge in [-0.05, 0) is 35.7 Å². The van der Waals surface area contributed by atoms with E-state index in [1.807, 2.05) is 54.2 Å². The van der Waals surface area contributed by atoms with Gasteiger partial charge in [0.15, 0.2) is 12.4 Å². The highest BCUT2D eigenvalue weighted by atomic mass is 16.2. The molecule has 0 saturated carbocycles. The van der Waals surface area contributed by atoms with E-state index in [-0.39, 0.29) is 11.9 Å². The molecule has 0 fully saturated rings. The molecule has 0 spiro atoms. The van der Waals surface area contributed by atoms with Crippen LogP contribution in [0.1, 0.15) is 18.5 Å². The lowest BCUT2D eigenvalue weighted by Gasteiger charge is -2.09. The molecule has 0 saturated heterocycles. The molecule has 1 aromatic heterocycles. The van der Waals surface area contributed by atoms with E-state index in [1.165, 1.54) is 0 Å². The van der Waals surface area contributed by atoms with Crippen LogP contribution in [-0.4, -0.2) is 5.91 Å². The Balaban J connectivity index is 1.78. The van der Waals surface area contributed by atoms with Crippen LogP contribution in [0.15, 0.2) is 67.0 Å². The summed E-state index contributed by atoms with van der Waals surface area (Å²) in [5.74, 6) is -0.102. The lowest BCUT2D eigenvalue weighted by molar-refractivity contribution is -0.704. The van der Waals surface area contributed by atoms with Gasteiger partial charge in [0.25, 0.3) is 5.91 Å². The molecule has 0 aliphatic carbocycles. The molecule has 4 heteroatoms. The average molecular weight is 302 g/mol. The molecule has 0 aliphatic rings. The third-order valence-electron chi connectivity index (χ3n) is 3.82. The molecular formula is C19H16N3O+. The molecule has 0 unspecified atom stereocenters. The van der Waals surface area contributed by atoms with Crippen LogP contribution in [0, 0.1) is 11.3 Å². The molecule has 112 valence electrons. The number of anilines is 1. The average Bonchev–Trinajstić information content (AvgIpc) is 2.61. The van der Waals surface area contributed by atoms with E-state index < -0.39 is 0 Å². The summed E-state index contributed by atoms with van der Waals surface area (Å²) in [5, 5.41) is 13.9. The van der Waals surface area contributed by atoms with Gasteiger partial charge < -0.3 is 5.32 Å². The van der Waals surface area contributed by atoms with Crippen LogP contribution in [0.2, 0.25) is 0 Å². The summed E-state index contributed by atoms with van der Waals surface area (Å²) >= 11 is 0. The molecule has 3 aromatic rings. The summed E-state index contributed by atoms with van der Waals surface area (Å²) in [5.41, 5.74) is 1.25. The second kappa shape index (κ2) is 6.29. The second-order valence-electron chi connectivity index (χ2n) is 5.38. The van der Waals surface area contributed by atoms with Gasteiger partial charge in [-0.1, -0.05) is 18.2 Å². The molecule has 1 atom stereocenters. The number of fused-ring (bicyclic) bond motifs is 1. The van der Waals surface area contributed by atoms with E-state index in [1.54, 1.807) is 24.3 Å². The number of benzene rings is 2. The molecule has 1 amide bonds. The van der Waals surface area contributed by atoms with Crippen LogP contribution < -0.4 is 9.88 Å². The third kappa shape index (κ3) is 3.19. The van der Waals surface area contributed by atoms with Gasteiger partial charge in [-0.3, -0.25) is 4.79 Å². The summed E-state index contributed by atoms with van der Waals surface area (Å²) in [7, 11) is 0. The van der Waals surface area contributed by atoms with Crippen molar-refractivity contribution in [2.75, 3.05) is 5.32 Å². The number of amides is 1. The first-order valence-electron chi connectivity index (χ1n) is 7.38. The number of nitrogens with zero attached hydrogens (tertiary/aromatic N) is 2. The Bertz CT molecular complexity index is 894. The molecular weight excluding hydrogens is 286 g/mol. The predicted molar refractivity (Wildman–Crippen MR) is 88.6 cm³/mol. The van der Waals surface area contributed by atoms with Crippen molar-refractivity contribution in [2.45, 2.75) is 13.0 Å². The van der Waals surface area contributed by atoms with Crippen LogP contribution in [0.4, 0.5) is 5.69 Å². The molecule has 0 radical (unpaired) electrons. The summed E-state index contributed by atoms with van der Waals surface area (Å²) in [6.45, 7) is 1.85. The van der Waals surface area contributed by atoms with Crippen molar-refractivity contribution < 1.29 is 9.36 Å². The molecule has 1 N–H and O–H groups in total. The van der Waals surface area contributed by atoms with Gasteiger partial charge in [-0.2, -0.15) is 9.83 Å². The summed E-state index contributed by atoms with van der Waals surface area (Å²) in [6.07, 6.45) is 3.88. The van der Waals surface area contributed by atoms with Gasteiger partial charge in [0.05, 0.1) is 11.6 Å². The quantitative estimate of drug-likeness (QED) is 0.755. The Kier molecular flexibility index (Phi) is 4.03. The fourth-order valence-corrected chi connectivity index (χ4v) is 2.40. The van der Waals surface area contributed by atoms with Gasteiger partial charge >= 0.3 is 0 Å². The fraction of sp³-hybridized carbons (Fsp3) is 0.105. The Morgan fingerprint density at radius 1 is 1.09 bits per heavy atom. The molecule has 4 nitrogen and oxygen atoms in total. The highest BCUT2D eigenvalue weighted by Crippen LogP contribution is 2.13. The number of rotatable bonds is 3. The largest absolute Gasteiger partial charge is 0.320 e. The number of aromatic nitrogens is 1. The van der Waals surface area contributed by atoms with E-state index in [9.17, 15) is 4.79 Å². The van der Waals surface area contributed by atoms with Crippen molar-refractivity contribution in [3.8, 4) is 6.07 Å². The Hall–Kier alpha value is -3.19. The third-order valence-corrected chi connectivity index (χ3v) is 3.82. The SMILES string of the molecule is C[C@H](C(=O)Nc1ccc(C#N)cc1)[n+]1ccc2ccccc2c1. The number of pyridine rings is 1. The Labute approximate surface area is 134 Å². The van der Waals surface area contributed by atoms with Gasteiger partial charge in [0, 0.05) is 24.1 Å². The second-order valence-corrected chi connectivity index (χ2v) is 5.38. The van der Waals surface area contributed by atoms with E-state index >= 15 is 0 Å². The molecule has 0 aliphatic heterocycles. The molecule has 0 bridgehead atoms. The van der Waals surface area contributed by atoms with E-state index in [4.69, 9.17) is 5.26 Å². The van der Waals surface area contributed by atoms with Crippen LogP contribution in [0.25, 0.3) is 10.8 Å². The minimum absolute atomic E-state index is 0.102. The molecule has 3 rings (SSSR count). The summed E-state index contributed by atoms with van der Waals surface area (Å²) in [4.78, 5) is 12.4. The number of nitrogens with one attached hydrogen (secondary N) is 1. The number of carbonyl (C=O) groups excluding carboxylic acids is 1. The van der Waals surface area contributed by atoms with Gasteiger partial charge in [0.2, 0.25) is 6.04 Å². The van der Waals surface area contributed by atoms with Gasteiger partial charge in [-0.15, -0.1) is 0 Å². The zero-order valence-corrected chi connectivity index (χ0v) is 12.7. The Morgan fingerprint density at radius 3 is 2.48 bits per heavy atom. The van der Waals surface area contributed by atoms with E-state index in [0.29, 0.717) is 11.3 Å². The van der Waals surface area contributed by atoms with Crippen LogP contribution in [0.3, 0.4) is 0 Å². The maximum absolute atomic E-state index is 12.4. The lowest BCUT2D eigenvalue weighted by atomic mass is 10.1. The first-order valence-corrected chi connectivity index (χ1v) is 7.38. The number of nitriles is 1. The van der Waals surface area contributed by atoms with Crippen LogP contribution in [0.5, 0.6) is 0 Å². The monoisotopic (exact) mass is 302 g/mol. The van der Waals surface area contributed by atoms with Crippen molar-refractivity contribution in [3.05, 3.63) is 72.6 Å².